The van der Waals surface area contributed by atoms with E-state index in [9.17, 15) is 0 Å². The van der Waals surface area contributed by atoms with Crippen molar-refractivity contribution in [2.75, 3.05) is 11.9 Å². The Bertz CT molecular complexity index is 957. The molecule has 0 aliphatic rings. The van der Waals surface area contributed by atoms with Crippen LogP contribution in [0.15, 0.2) is 54.6 Å². The number of ether oxygens (including phenoxy) is 2. The van der Waals surface area contributed by atoms with Crippen LogP contribution in [0.1, 0.15) is 18.1 Å². The monoisotopic (exact) mass is 469 g/mol. The summed E-state index contributed by atoms with van der Waals surface area (Å²) >= 11 is 24.5. The highest BCUT2D eigenvalue weighted by atomic mass is 35.5. The lowest BCUT2D eigenvalue weighted by Gasteiger charge is -2.16. The van der Waals surface area contributed by atoms with Gasteiger partial charge in [-0.25, -0.2) is 0 Å². The molecule has 3 aromatic carbocycles. The van der Waals surface area contributed by atoms with Gasteiger partial charge in [-0.15, -0.1) is 0 Å². The number of rotatable bonds is 8. The number of halogens is 4. The van der Waals surface area contributed by atoms with Crippen molar-refractivity contribution in [3.63, 3.8) is 0 Å². The van der Waals surface area contributed by atoms with Crippen LogP contribution in [0.2, 0.25) is 20.1 Å². The molecule has 0 bridgehead atoms. The van der Waals surface area contributed by atoms with Crippen molar-refractivity contribution in [1.29, 1.82) is 0 Å². The first-order valence-corrected chi connectivity index (χ1v) is 10.5. The van der Waals surface area contributed by atoms with E-state index in [2.05, 4.69) is 5.32 Å². The van der Waals surface area contributed by atoms with Gasteiger partial charge in [0.25, 0.3) is 0 Å². The van der Waals surface area contributed by atoms with E-state index in [0.717, 1.165) is 16.8 Å². The van der Waals surface area contributed by atoms with Crippen LogP contribution < -0.4 is 14.8 Å². The van der Waals surface area contributed by atoms with Crippen molar-refractivity contribution in [3.8, 4) is 11.5 Å². The summed E-state index contributed by atoms with van der Waals surface area (Å²) in [6.07, 6.45) is 0. The third kappa shape index (κ3) is 6.35. The summed E-state index contributed by atoms with van der Waals surface area (Å²) in [5.74, 6) is 1.22. The van der Waals surface area contributed by atoms with Gasteiger partial charge in [0, 0.05) is 38.4 Å². The van der Waals surface area contributed by atoms with Gasteiger partial charge in [-0.3, -0.25) is 0 Å². The minimum absolute atomic E-state index is 0.381. The van der Waals surface area contributed by atoms with E-state index in [-0.39, 0.29) is 0 Å². The van der Waals surface area contributed by atoms with E-state index < -0.39 is 0 Å². The van der Waals surface area contributed by atoms with Gasteiger partial charge in [-0.05, 0) is 54.4 Å². The zero-order valence-corrected chi connectivity index (χ0v) is 18.7. The summed E-state index contributed by atoms with van der Waals surface area (Å²) in [7, 11) is 0. The highest BCUT2D eigenvalue weighted by Gasteiger charge is 2.12. The van der Waals surface area contributed by atoms with Gasteiger partial charge in [0.15, 0.2) is 11.5 Å². The molecule has 0 amide bonds. The summed E-state index contributed by atoms with van der Waals surface area (Å²) in [6.45, 7) is 3.29. The largest absolute Gasteiger partial charge is 0.490 e. The van der Waals surface area contributed by atoms with E-state index in [1.54, 1.807) is 24.3 Å². The maximum Gasteiger partial charge on any atom is 0.163 e. The highest BCUT2D eigenvalue weighted by molar-refractivity contribution is 6.35. The van der Waals surface area contributed by atoms with Crippen molar-refractivity contribution in [1.82, 2.24) is 0 Å². The van der Waals surface area contributed by atoms with Crippen molar-refractivity contribution < 1.29 is 9.47 Å². The van der Waals surface area contributed by atoms with Crippen LogP contribution in [0.5, 0.6) is 11.5 Å². The summed E-state index contributed by atoms with van der Waals surface area (Å²) in [4.78, 5) is 0. The molecule has 0 unspecified atom stereocenters. The number of hydrogen-bond acceptors (Lipinski definition) is 3. The minimum Gasteiger partial charge on any atom is -0.490 e. The first kappa shape index (κ1) is 21.9. The SMILES string of the molecule is CCOc1cc(CNc2cc(Cl)cc(Cl)c2)c(Cl)cc1OCc1ccc(Cl)cc1. The topological polar surface area (TPSA) is 30.5 Å². The van der Waals surface area contributed by atoms with Crippen molar-refractivity contribution >= 4 is 52.1 Å². The van der Waals surface area contributed by atoms with Crippen LogP contribution in [0.25, 0.3) is 0 Å². The standard InChI is InChI=1S/C22H19Cl4NO2/c1-2-28-21-7-15(12-27-19-9-17(24)8-18(25)10-19)20(26)11-22(21)29-13-14-3-5-16(23)6-4-14/h3-11,27H,2,12-13H2,1H3. The molecule has 29 heavy (non-hydrogen) atoms. The Balaban J connectivity index is 1.75. The quantitative estimate of drug-likeness (QED) is 0.363. The fourth-order valence-electron chi connectivity index (χ4n) is 2.69. The van der Waals surface area contributed by atoms with E-state index in [0.29, 0.717) is 51.3 Å². The maximum absolute atomic E-state index is 6.49. The normalized spacial score (nSPS) is 10.7. The molecule has 0 heterocycles. The number of nitrogens with one attached hydrogen (secondary N) is 1. The van der Waals surface area contributed by atoms with E-state index in [1.165, 1.54) is 0 Å². The molecule has 0 aliphatic heterocycles. The average Bonchev–Trinajstić information content (AvgIpc) is 2.67. The third-order valence-electron chi connectivity index (χ3n) is 4.07. The first-order chi connectivity index (χ1) is 13.9. The van der Waals surface area contributed by atoms with Crippen LogP contribution in [-0.2, 0) is 13.2 Å². The van der Waals surface area contributed by atoms with E-state index in [4.69, 9.17) is 55.9 Å². The first-order valence-electron chi connectivity index (χ1n) is 8.97. The summed E-state index contributed by atoms with van der Waals surface area (Å²) in [6, 6.07) is 16.4. The van der Waals surface area contributed by atoms with Gasteiger partial charge in [-0.1, -0.05) is 58.5 Å². The van der Waals surface area contributed by atoms with Gasteiger partial charge >= 0.3 is 0 Å². The van der Waals surface area contributed by atoms with Crippen LogP contribution >= 0.6 is 46.4 Å². The van der Waals surface area contributed by atoms with Gasteiger partial charge in [-0.2, -0.15) is 0 Å². The second-order valence-corrected chi connectivity index (χ2v) is 7.97. The number of benzene rings is 3. The molecule has 0 radical (unpaired) electrons. The summed E-state index contributed by atoms with van der Waals surface area (Å²) in [5, 5.41) is 5.65. The van der Waals surface area contributed by atoms with Crippen LogP contribution in [0.4, 0.5) is 5.69 Å². The molecule has 152 valence electrons. The Hall–Kier alpha value is -1.78. The molecule has 0 saturated carbocycles. The van der Waals surface area contributed by atoms with Gasteiger partial charge in [0.05, 0.1) is 6.61 Å². The highest BCUT2D eigenvalue weighted by Crippen LogP contribution is 2.35. The molecule has 0 aliphatic carbocycles. The molecule has 0 saturated heterocycles. The molecule has 1 N–H and O–H groups in total. The second kappa shape index (κ2) is 10.3. The predicted octanol–water partition coefficient (Wildman–Crippen LogP) is 7.89. The molecule has 0 aromatic heterocycles. The zero-order chi connectivity index (χ0) is 20.8. The molecular weight excluding hydrogens is 452 g/mol. The van der Waals surface area contributed by atoms with Crippen LogP contribution in [0, 0.1) is 0 Å². The lowest BCUT2D eigenvalue weighted by atomic mass is 10.2. The fraction of sp³-hybridized carbons (Fsp3) is 0.182. The number of hydrogen-bond donors (Lipinski definition) is 1. The van der Waals surface area contributed by atoms with Crippen LogP contribution in [-0.4, -0.2) is 6.61 Å². The third-order valence-corrected chi connectivity index (χ3v) is 5.11. The van der Waals surface area contributed by atoms with Crippen molar-refractivity contribution in [3.05, 3.63) is 85.8 Å². The summed E-state index contributed by atoms with van der Waals surface area (Å²) in [5.41, 5.74) is 2.67. The maximum atomic E-state index is 6.49. The molecule has 3 rings (SSSR count). The van der Waals surface area contributed by atoms with E-state index in [1.807, 2.05) is 37.3 Å². The Morgan fingerprint density at radius 3 is 2.07 bits per heavy atom. The smallest absolute Gasteiger partial charge is 0.163 e. The molecule has 3 nitrogen and oxygen atoms in total. The molecule has 0 fully saturated rings. The molecule has 7 heteroatoms. The van der Waals surface area contributed by atoms with Gasteiger partial charge < -0.3 is 14.8 Å². The molecule has 0 atom stereocenters. The predicted molar refractivity (Wildman–Crippen MR) is 122 cm³/mol. The van der Waals surface area contributed by atoms with Crippen molar-refractivity contribution in [2.45, 2.75) is 20.1 Å². The lowest BCUT2D eigenvalue weighted by molar-refractivity contribution is 0.269. The average molecular weight is 471 g/mol. The minimum atomic E-state index is 0.381. The Morgan fingerprint density at radius 1 is 0.759 bits per heavy atom. The van der Waals surface area contributed by atoms with Crippen LogP contribution in [0.3, 0.4) is 0 Å². The Morgan fingerprint density at radius 2 is 1.41 bits per heavy atom. The Labute approximate surface area is 190 Å². The fourth-order valence-corrected chi connectivity index (χ4v) is 3.56. The lowest BCUT2D eigenvalue weighted by Crippen LogP contribution is -2.04. The number of anilines is 1. The molecule has 0 spiro atoms. The van der Waals surface area contributed by atoms with Gasteiger partial charge in [0.2, 0.25) is 0 Å². The Kier molecular flexibility index (Phi) is 7.79. The van der Waals surface area contributed by atoms with E-state index >= 15 is 0 Å². The van der Waals surface area contributed by atoms with Crippen molar-refractivity contribution in [2.24, 2.45) is 0 Å². The summed E-state index contributed by atoms with van der Waals surface area (Å²) < 4.78 is 11.7. The van der Waals surface area contributed by atoms with Gasteiger partial charge in [0.1, 0.15) is 6.61 Å². The second-order valence-electron chi connectivity index (χ2n) is 6.25. The molecular formula is C22H19Cl4NO2. The zero-order valence-electron chi connectivity index (χ0n) is 15.6. The molecule has 3 aromatic rings.